The third-order valence-corrected chi connectivity index (χ3v) is 6.64. The lowest BCUT2D eigenvalue weighted by atomic mass is 10.1. The van der Waals surface area contributed by atoms with Gasteiger partial charge < -0.3 is 14.2 Å². The number of ether oxygens (including phenoxy) is 3. The van der Waals surface area contributed by atoms with Crippen LogP contribution in [0.3, 0.4) is 0 Å². The van der Waals surface area contributed by atoms with Crippen molar-refractivity contribution in [3.63, 3.8) is 0 Å². The number of benzene rings is 4. The van der Waals surface area contributed by atoms with Crippen molar-refractivity contribution < 1.29 is 33.4 Å². The van der Waals surface area contributed by atoms with Crippen molar-refractivity contribution in [1.29, 1.82) is 0 Å². The van der Waals surface area contributed by atoms with E-state index in [0.29, 0.717) is 17.4 Å². The Morgan fingerprint density at radius 2 is 0.976 bits per heavy atom. The molecule has 4 aromatic carbocycles. The van der Waals surface area contributed by atoms with Crippen LogP contribution in [0.15, 0.2) is 91.0 Å². The van der Waals surface area contributed by atoms with E-state index in [-0.39, 0.29) is 28.4 Å². The molecule has 9 heteroatoms. The first-order valence-corrected chi connectivity index (χ1v) is 14.5. The molecule has 0 aliphatic carbocycles. The molecular formula is C32H28O7P2. The fourth-order valence-electron chi connectivity index (χ4n) is 3.87. The number of carbonyl (C=O) groups excluding carboxylic acids is 4. The molecule has 0 bridgehead atoms. The monoisotopic (exact) mass is 586 g/mol. The Bertz CT molecular complexity index is 1530. The van der Waals surface area contributed by atoms with Crippen molar-refractivity contribution >= 4 is 42.7 Å². The van der Waals surface area contributed by atoms with E-state index in [1.165, 1.54) is 42.5 Å². The second-order valence-corrected chi connectivity index (χ2v) is 10.1. The van der Waals surface area contributed by atoms with Gasteiger partial charge in [-0.1, -0.05) is 24.3 Å². The molecule has 0 spiro atoms. The summed E-state index contributed by atoms with van der Waals surface area (Å²) in [5.74, 6) is -1.38. The van der Waals surface area contributed by atoms with Crippen molar-refractivity contribution in [2.45, 2.75) is 12.8 Å². The third-order valence-electron chi connectivity index (χ3n) is 6.07. The molecule has 0 aliphatic rings. The first-order valence-electron chi connectivity index (χ1n) is 12.8. The van der Waals surface area contributed by atoms with Crippen LogP contribution in [0.4, 0.5) is 0 Å². The van der Waals surface area contributed by atoms with Crippen LogP contribution in [-0.4, -0.2) is 36.5 Å². The van der Waals surface area contributed by atoms with E-state index in [4.69, 9.17) is 14.2 Å². The summed E-state index contributed by atoms with van der Waals surface area (Å²) in [6, 6.07) is 24.3. The highest BCUT2D eigenvalue weighted by molar-refractivity contribution is 7.16. The van der Waals surface area contributed by atoms with Gasteiger partial charge in [0, 0.05) is 0 Å². The van der Waals surface area contributed by atoms with Crippen molar-refractivity contribution in [3.8, 4) is 17.2 Å². The number of carbonyl (C=O) groups is 4. The molecule has 2 unspecified atom stereocenters. The smallest absolute Gasteiger partial charge is 0.343 e. The zero-order valence-electron chi connectivity index (χ0n) is 22.1. The third kappa shape index (κ3) is 8.17. The van der Waals surface area contributed by atoms with Crippen molar-refractivity contribution in [1.82, 2.24) is 0 Å². The quantitative estimate of drug-likeness (QED) is 0.0922. The lowest BCUT2D eigenvalue weighted by molar-refractivity contribution is 0.0716. The topological polar surface area (TPSA) is 96.0 Å². The maximum atomic E-state index is 12.7. The lowest BCUT2D eigenvalue weighted by Crippen LogP contribution is -2.11. The van der Waals surface area contributed by atoms with Crippen molar-refractivity contribution in [2.24, 2.45) is 0 Å². The first-order chi connectivity index (χ1) is 19.9. The average molecular weight is 587 g/mol. The maximum absolute atomic E-state index is 12.7. The van der Waals surface area contributed by atoms with Crippen LogP contribution < -0.4 is 14.2 Å². The number of aldehydes is 1. The molecule has 0 heterocycles. The normalized spacial score (nSPS) is 10.5. The summed E-state index contributed by atoms with van der Waals surface area (Å²) in [6.07, 6.45) is 4.14. The van der Waals surface area contributed by atoms with E-state index >= 15 is 0 Å². The molecule has 0 N–H and O–H groups in total. The molecule has 41 heavy (non-hydrogen) atoms. The molecule has 0 fully saturated rings. The minimum Gasteiger partial charge on any atom is -0.423 e. The second kappa shape index (κ2) is 14.5. The van der Waals surface area contributed by atoms with E-state index in [2.05, 4.69) is 18.5 Å². The van der Waals surface area contributed by atoms with Crippen LogP contribution in [0.5, 0.6) is 17.2 Å². The van der Waals surface area contributed by atoms with Crippen LogP contribution >= 0.6 is 18.5 Å². The highest BCUT2D eigenvalue weighted by atomic mass is 31.0. The van der Waals surface area contributed by atoms with Gasteiger partial charge in [-0.2, -0.15) is 0 Å². The van der Waals surface area contributed by atoms with Gasteiger partial charge in [0.15, 0.2) is 6.29 Å². The van der Waals surface area contributed by atoms with Gasteiger partial charge in [-0.3, -0.25) is 4.79 Å². The number of esters is 3. The Balaban J connectivity index is 1.36. The van der Waals surface area contributed by atoms with Crippen LogP contribution in [-0.2, 0) is 12.8 Å². The number of aryl methyl sites for hydroxylation is 2. The van der Waals surface area contributed by atoms with Gasteiger partial charge in [-0.15, -0.1) is 18.5 Å². The van der Waals surface area contributed by atoms with Gasteiger partial charge in [0.2, 0.25) is 0 Å². The van der Waals surface area contributed by atoms with Gasteiger partial charge in [-0.05, 0) is 103 Å². The Kier molecular flexibility index (Phi) is 10.5. The molecule has 0 aromatic heterocycles. The van der Waals surface area contributed by atoms with Crippen molar-refractivity contribution in [3.05, 3.63) is 124 Å². The predicted octanol–water partition coefficient (Wildman–Crippen LogP) is 5.99. The maximum Gasteiger partial charge on any atom is 0.343 e. The summed E-state index contributed by atoms with van der Waals surface area (Å²) in [4.78, 5) is 49.3. The fraction of sp³-hybridized carbons (Fsp3) is 0.125. The van der Waals surface area contributed by atoms with Crippen LogP contribution in [0.2, 0.25) is 0 Å². The fourth-order valence-corrected chi connectivity index (χ4v) is 4.54. The summed E-state index contributed by atoms with van der Waals surface area (Å²) in [5.41, 5.74) is 3.25. The minimum absolute atomic E-state index is 0.0454. The average Bonchev–Trinajstić information content (AvgIpc) is 2.99. The summed E-state index contributed by atoms with van der Waals surface area (Å²) < 4.78 is 16.2. The Morgan fingerprint density at radius 1 is 0.561 bits per heavy atom. The number of hydrogen-bond donors (Lipinski definition) is 0. The second-order valence-electron chi connectivity index (χ2n) is 8.98. The molecule has 0 radical (unpaired) electrons. The molecule has 2 atom stereocenters. The summed E-state index contributed by atoms with van der Waals surface area (Å²) in [5, 5.41) is 0. The molecule has 7 nitrogen and oxygen atoms in total. The van der Waals surface area contributed by atoms with E-state index in [1.54, 1.807) is 24.3 Å². The summed E-state index contributed by atoms with van der Waals surface area (Å²) in [6.45, 7) is 0. The highest BCUT2D eigenvalue weighted by Gasteiger charge is 2.16. The standard InChI is InChI=1S/C32H28O7P2/c33-20-26-19-28(13-14-29(26)39-32(36)24-7-3-22(4-8-24)16-18-41)38-31(35)25-9-11-27(12-10-25)37-30(34)23-5-1-21(2-6-23)15-17-40/h1-14,19-20H,15-18,40-41H2. The number of hydrogen-bond acceptors (Lipinski definition) is 7. The minimum atomic E-state index is -0.681. The predicted molar refractivity (Wildman–Crippen MR) is 163 cm³/mol. The summed E-state index contributed by atoms with van der Waals surface area (Å²) in [7, 11) is 5.32. The lowest BCUT2D eigenvalue weighted by Gasteiger charge is -2.10. The Morgan fingerprint density at radius 3 is 1.44 bits per heavy atom. The van der Waals surface area contributed by atoms with Crippen LogP contribution in [0, 0.1) is 0 Å². The highest BCUT2D eigenvalue weighted by Crippen LogP contribution is 2.25. The molecule has 0 amide bonds. The zero-order valence-corrected chi connectivity index (χ0v) is 24.4. The zero-order chi connectivity index (χ0) is 29.2. The van der Waals surface area contributed by atoms with Gasteiger partial charge in [0.25, 0.3) is 0 Å². The molecule has 208 valence electrons. The van der Waals surface area contributed by atoms with Gasteiger partial charge >= 0.3 is 17.9 Å². The van der Waals surface area contributed by atoms with E-state index in [0.717, 1.165) is 36.3 Å². The molecule has 4 rings (SSSR count). The van der Waals surface area contributed by atoms with Gasteiger partial charge in [-0.25, -0.2) is 14.4 Å². The Hall–Kier alpha value is -4.18. The van der Waals surface area contributed by atoms with E-state index in [9.17, 15) is 19.2 Å². The summed E-state index contributed by atoms with van der Waals surface area (Å²) >= 11 is 0. The molecule has 0 aliphatic heterocycles. The van der Waals surface area contributed by atoms with E-state index < -0.39 is 17.9 Å². The van der Waals surface area contributed by atoms with Crippen LogP contribution in [0.1, 0.15) is 52.6 Å². The molecule has 4 aromatic rings. The largest absolute Gasteiger partial charge is 0.423 e. The Labute approximate surface area is 242 Å². The van der Waals surface area contributed by atoms with Crippen molar-refractivity contribution in [2.75, 3.05) is 12.3 Å². The SMILES string of the molecule is O=Cc1cc(OC(=O)c2ccc(OC(=O)c3ccc(CCP)cc3)cc2)ccc1OC(=O)c1ccc(CCP)cc1. The first kappa shape index (κ1) is 29.8. The molecule has 0 saturated carbocycles. The van der Waals surface area contributed by atoms with E-state index in [1.807, 2.05) is 24.3 Å². The molecular weight excluding hydrogens is 558 g/mol. The van der Waals surface area contributed by atoms with Gasteiger partial charge in [0.05, 0.1) is 22.3 Å². The van der Waals surface area contributed by atoms with Crippen LogP contribution in [0.25, 0.3) is 0 Å². The number of rotatable bonds is 11. The van der Waals surface area contributed by atoms with Gasteiger partial charge in [0.1, 0.15) is 17.2 Å². The molecule has 0 saturated heterocycles.